The van der Waals surface area contributed by atoms with Crippen LogP contribution in [0, 0.1) is 0 Å². The summed E-state index contributed by atoms with van der Waals surface area (Å²) < 4.78 is 41.4. The van der Waals surface area contributed by atoms with E-state index in [9.17, 15) is 18.0 Å². The Morgan fingerprint density at radius 3 is 2.28 bits per heavy atom. The predicted octanol–water partition coefficient (Wildman–Crippen LogP) is 4.68. The molecule has 0 radical (unpaired) electrons. The lowest BCUT2D eigenvalue weighted by molar-refractivity contribution is -0.136. The van der Waals surface area contributed by atoms with Crippen LogP contribution < -0.4 is 10.5 Å². The van der Waals surface area contributed by atoms with E-state index in [1.54, 1.807) is 48.5 Å². The van der Waals surface area contributed by atoms with E-state index in [4.69, 9.17) is 10.5 Å². The van der Waals surface area contributed by atoms with Crippen LogP contribution in [0.3, 0.4) is 0 Å². The Kier molecular flexibility index (Phi) is 6.58. The Balaban J connectivity index is 1.83. The summed E-state index contributed by atoms with van der Waals surface area (Å²) in [5, 5.41) is 0. The van der Waals surface area contributed by atoms with Crippen LogP contribution in [0.25, 0.3) is 0 Å². The van der Waals surface area contributed by atoms with Gasteiger partial charge in [-0.3, -0.25) is 4.79 Å². The molecule has 0 aromatic heterocycles. The number of Topliss-reactive ketones (excluding diaryl/α,β-unsaturated/α-hetero) is 1. The third kappa shape index (κ3) is 6.58. The van der Waals surface area contributed by atoms with Crippen LogP contribution in [0.15, 0.2) is 54.6 Å². The van der Waals surface area contributed by atoms with Crippen LogP contribution in [0.5, 0.6) is 5.75 Å². The van der Waals surface area contributed by atoms with Crippen molar-refractivity contribution in [3.8, 4) is 5.75 Å². The van der Waals surface area contributed by atoms with Gasteiger partial charge in [0.05, 0.1) is 6.61 Å². The highest BCUT2D eigenvalue weighted by Crippen LogP contribution is 2.23. The van der Waals surface area contributed by atoms with E-state index in [1.807, 2.05) is 6.07 Å². The summed E-state index contributed by atoms with van der Waals surface area (Å²) in [5.74, 6) is 0.438. The molecule has 0 amide bonds. The SMILES string of the molecule is NC(CC(=O)c1ccccc1)c1ccc(OCCCC(F)(F)F)cc1. The fourth-order valence-electron chi connectivity index (χ4n) is 2.33. The highest BCUT2D eigenvalue weighted by Gasteiger charge is 2.26. The minimum absolute atomic E-state index is 0.00258. The lowest BCUT2D eigenvalue weighted by Crippen LogP contribution is -2.15. The fourth-order valence-corrected chi connectivity index (χ4v) is 2.33. The maximum atomic E-state index is 12.2. The molecule has 2 rings (SSSR count). The van der Waals surface area contributed by atoms with Gasteiger partial charge >= 0.3 is 6.18 Å². The predicted molar refractivity (Wildman–Crippen MR) is 89.5 cm³/mol. The van der Waals surface area contributed by atoms with Crippen LogP contribution in [0.4, 0.5) is 13.2 Å². The molecular formula is C19H20F3NO2. The third-order valence-corrected chi connectivity index (χ3v) is 3.68. The van der Waals surface area contributed by atoms with Gasteiger partial charge in [-0.1, -0.05) is 42.5 Å². The van der Waals surface area contributed by atoms with Crippen molar-refractivity contribution in [1.82, 2.24) is 0 Å². The summed E-state index contributed by atoms with van der Waals surface area (Å²) in [4.78, 5) is 12.2. The standard InChI is InChI=1S/C19H20F3NO2/c20-19(21,22)11-4-12-25-16-9-7-14(8-10-16)17(23)13-18(24)15-5-2-1-3-6-15/h1-3,5-10,17H,4,11-13,23H2. The van der Waals surface area contributed by atoms with Crippen molar-refractivity contribution in [2.45, 2.75) is 31.5 Å². The molecule has 2 aromatic rings. The van der Waals surface area contributed by atoms with Gasteiger partial charge in [0.15, 0.2) is 5.78 Å². The maximum Gasteiger partial charge on any atom is 0.389 e. The van der Waals surface area contributed by atoms with Gasteiger partial charge in [-0.25, -0.2) is 0 Å². The molecule has 0 aliphatic rings. The van der Waals surface area contributed by atoms with Crippen LogP contribution in [-0.2, 0) is 0 Å². The lowest BCUT2D eigenvalue weighted by Gasteiger charge is -2.13. The van der Waals surface area contributed by atoms with Gasteiger partial charge in [-0.05, 0) is 24.1 Å². The molecule has 25 heavy (non-hydrogen) atoms. The summed E-state index contributed by atoms with van der Waals surface area (Å²) in [6.45, 7) is -0.00258. The average molecular weight is 351 g/mol. The molecular weight excluding hydrogens is 331 g/mol. The monoisotopic (exact) mass is 351 g/mol. The Hall–Kier alpha value is -2.34. The second-order valence-electron chi connectivity index (χ2n) is 5.74. The summed E-state index contributed by atoms with van der Waals surface area (Å²) in [6.07, 6.45) is -4.94. The van der Waals surface area contributed by atoms with Gasteiger partial charge in [0.2, 0.25) is 0 Å². The van der Waals surface area contributed by atoms with E-state index < -0.39 is 18.6 Å². The van der Waals surface area contributed by atoms with Gasteiger partial charge < -0.3 is 10.5 Å². The first-order valence-corrected chi connectivity index (χ1v) is 7.98. The minimum atomic E-state index is -4.16. The summed E-state index contributed by atoms with van der Waals surface area (Å²) >= 11 is 0. The first kappa shape index (κ1) is 19.0. The van der Waals surface area contributed by atoms with Crippen molar-refractivity contribution >= 4 is 5.78 Å². The summed E-state index contributed by atoms with van der Waals surface area (Å²) in [6, 6.07) is 15.2. The van der Waals surface area contributed by atoms with Gasteiger partial charge in [-0.15, -0.1) is 0 Å². The molecule has 6 heteroatoms. The Bertz CT molecular complexity index is 669. The topological polar surface area (TPSA) is 52.3 Å². The molecule has 1 unspecified atom stereocenters. The lowest BCUT2D eigenvalue weighted by atomic mass is 9.99. The number of ketones is 1. The molecule has 1 atom stereocenters. The number of carbonyl (C=O) groups excluding carboxylic acids is 1. The molecule has 0 heterocycles. The van der Waals surface area contributed by atoms with E-state index in [1.165, 1.54) is 0 Å². The summed E-state index contributed by atoms with van der Waals surface area (Å²) in [5.41, 5.74) is 7.45. The number of halogens is 3. The van der Waals surface area contributed by atoms with Gasteiger partial charge in [0.25, 0.3) is 0 Å². The minimum Gasteiger partial charge on any atom is -0.494 e. The number of hydrogen-bond donors (Lipinski definition) is 1. The largest absolute Gasteiger partial charge is 0.494 e. The van der Waals surface area contributed by atoms with Crippen LogP contribution in [0.2, 0.25) is 0 Å². The van der Waals surface area contributed by atoms with E-state index in [2.05, 4.69) is 0 Å². The van der Waals surface area contributed by atoms with E-state index in [0.29, 0.717) is 11.3 Å². The second-order valence-corrected chi connectivity index (χ2v) is 5.74. The normalized spacial score (nSPS) is 12.6. The number of ether oxygens (including phenoxy) is 1. The molecule has 0 spiro atoms. The molecule has 0 saturated carbocycles. The second kappa shape index (κ2) is 8.67. The highest BCUT2D eigenvalue weighted by atomic mass is 19.4. The number of rotatable bonds is 8. The van der Waals surface area contributed by atoms with Crippen molar-refractivity contribution in [3.63, 3.8) is 0 Å². The Labute approximate surface area is 144 Å². The highest BCUT2D eigenvalue weighted by molar-refractivity contribution is 5.96. The van der Waals surface area contributed by atoms with Crippen molar-refractivity contribution in [1.29, 1.82) is 0 Å². The number of benzene rings is 2. The first-order valence-electron chi connectivity index (χ1n) is 7.98. The van der Waals surface area contributed by atoms with Gasteiger partial charge in [-0.2, -0.15) is 13.2 Å². The van der Waals surface area contributed by atoms with Crippen LogP contribution >= 0.6 is 0 Å². The third-order valence-electron chi connectivity index (χ3n) is 3.68. The number of alkyl halides is 3. The van der Waals surface area contributed by atoms with Crippen molar-refractivity contribution in [2.24, 2.45) is 5.73 Å². The van der Waals surface area contributed by atoms with Crippen molar-refractivity contribution in [3.05, 3.63) is 65.7 Å². The molecule has 3 nitrogen and oxygen atoms in total. The zero-order valence-electron chi connectivity index (χ0n) is 13.6. The molecule has 0 fully saturated rings. The zero-order chi connectivity index (χ0) is 18.3. The molecule has 134 valence electrons. The summed E-state index contributed by atoms with van der Waals surface area (Å²) in [7, 11) is 0. The number of nitrogens with two attached hydrogens (primary N) is 1. The number of hydrogen-bond acceptors (Lipinski definition) is 3. The maximum absolute atomic E-state index is 12.2. The van der Waals surface area contributed by atoms with E-state index in [0.717, 1.165) is 5.56 Å². The number of carbonyl (C=O) groups is 1. The smallest absolute Gasteiger partial charge is 0.389 e. The van der Waals surface area contributed by atoms with Crippen molar-refractivity contribution in [2.75, 3.05) is 6.61 Å². The van der Waals surface area contributed by atoms with Crippen molar-refractivity contribution < 1.29 is 22.7 Å². The molecule has 0 bridgehead atoms. The fraction of sp³-hybridized carbons (Fsp3) is 0.316. The Morgan fingerprint density at radius 2 is 1.68 bits per heavy atom. The van der Waals surface area contributed by atoms with Gasteiger partial charge in [0, 0.05) is 24.4 Å². The van der Waals surface area contributed by atoms with E-state index in [-0.39, 0.29) is 25.2 Å². The van der Waals surface area contributed by atoms with Crippen LogP contribution in [0.1, 0.15) is 41.2 Å². The average Bonchev–Trinajstić information content (AvgIpc) is 2.59. The van der Waals surface area contributed by atoms with Crippen LogP contribution in [-0.4, -0.2) is 18.6 Å². The zero-order valence-corrected chi connectivity index (χ0v) is 13.6. The Morgan fingerprint density at radius 1 is 1.04 bits per heavy atom. The van der Waals surface area contributed by atoms with E-state index >= 15 is 0 Å². The molecule has 2 N–H and O–H groups in total. The molecule has 2 aromatic carbocycles. The first-order chi connectivity index (χ1) is 11.8. The molecule has 0 saturated heterocycles. The quantitative estimate of drug-likeness (QED) is 0.555. The molecule has 0 aliphatic heterocycles. The van der Waals surface area contributed by atoms with Gasteiger partial charge in [0.1, 0.15) is 5.75 Å². The molecule has 0 aliphatic carbocycles.